The van der Waals surface area contributed by atoms with Gasteiger partial charge in [-0.25, -0.2) is 21.6 Å². The highest BCUT2D eigenvalue weighted by atomic mass is 32.2. The number of halogens is 3. The van der Waals surface area contributed by atoms with Crippen LogP contribution in [0.2, 0.25) is 0 Å². The van der Waals surface area contributed by atoms with Gasteiger partial charge in [0.2, 0.25) is 15.9 Å². The number of thioether (sulfide) groups is 1. The largest absolute Gasteiger partial charge is 0.339 e. The van der Waals surface area contributed by atoms with Crippen LogP contribution >= 0.6 is 11.8 Å². The molecule has 162 valence electrons. The predicted molar refractivity (Wildman–Crippen MR) is 108 cm³/mol. The molecule has 0 unspecified atom stereocenters. The van der Waals surface area contributed by atoms with Gasteiger partial charge in [-0.2, -0.15) is 4.31 Å². The summed E-state index contributed by atoms with van der Waals surface area (Å²) in [6.45, 7) is 4.10. The van der Waals surface area contributed by atoms with Gasteiger partial charge in [-0.3, -0.25) is 4.79 Å². The molecule has 1 saturated heterocycles. The molecule has 1 heterocycles. The maximum absolute atomic E-state index is 14.0. The number of carbonyl (C=O) groups is 1. The SMILES string of the molecule is Cc1ccc(C)c(SCC(=O)N2CCN(S(=O)(=O)c3ccc(F)c(F)c3F)CC2)c1. The Hall–Kier alpha value is -2.04. The van der Waals surface area contributed by atoms with Crippen LogP contribution < -0.4 is 0 Å². The maximum atomic E-state index is 14.0. The summed E-state index contributed by atoms with van der Waals surface area (Å²) in [7, 11) is -4.34. The zero-order valence-corrected chi connectivity index (χ0v) is 18.1. The van der Waals surface area contributed by atoms with Gasteiger partial charge in [0.25, 0.3) is 0 Å². The lowest BCUT2D eigenvalue weighted by molar-refractivity contribution is -0.129. The third-order valence-electron chi connectivity index (χ3n) is 4.90. The van der Waals surface area contributed by atoms with Gasteiger partial charge in [0.05, 0.1) is 5.75 Å². The van der Waals surface area contributed by atoms with Crippen molar-refractivity contribution in [3.05, 3.63) is 58.9 Å². The average molecular weight is 459 g/mol. The van der Waals surface area contributed by atoms with Crippen molar-refractivity contribution in [2.45, 2.75) is 23.6 Å². The van der Waals surface area contributed by atoms with Crippen LogP contribution in [0.25, 0.3) is 0 Å². The average Bonchev–Trinajstić information content (AvgIpc) is 2.72. The van der Waals surface area contributed by atoms with Gasteiger partial charge in [0.15, 0.2) is 17.5 Å². The molecule has 1 aliphatic heterocycles. The van der Waals surface area contributed by atoms with E-state index in [-0.39, 0.29) is 37.8 Å². The highest BCUT2D eigenvalue weighted by Crippen LogP contribution is 2.26. The molecule has 0 saturated carbocycles. The van der Waals surface area contributed by atoms with E-state index in [9.17, 15) is 26.4 Å². The smallest absolute Gasteiger partial charge is 0.246 e. The second-order valence-electron chi connectivity index (χ2n) is 7.02. The van der Waals surface area contributed by atoms with E-state index in [2.05, 4.69) is 0 Å². The summed E-state index contributed by atoms with van der Waals surface area (Å²) in [6, 6.07) is 7.28. The van der Waals surface area contributed by atoms with Crippen LogP contribution in [0.1, 0.15) is 11.1 Å². The summed E-state index contributed by atoms with van der Waals surface area (Å²) in [4.78, 5) is 14.2. The van der Waals surface area contributed by atoms with E-state index < -0.39 is 32.4 Å². The molecule has 0 bridgehead atoms. The van der Waals surface area contributed by atoms with E-state index in [0.717, 1.165) is 20.3 Å². The van der Waals surface area contributed by atoms with Crippen LogP contribution in [0.4, 0.5) is 13.2 Å². The molecular weight excluding hydrogens is 437 g/mol. The van der Waals surface area contributed by atoms with Crippen molar-refractivity contribution in [2.24, 2.45) is 0 Å². The van der Waals surface area contributed by atoms with E-state index in [0.29, 0.717) is 12.1 Å². The van der Waals surface area contributed by atoms with E-state index >= 15 is 0 Å². The fourth-order valence-electron chi connectivity index (χ4n) is 3.12. The Labute approximate surface area is 177 Å². The summed E-state index contributed by atoms with van der Waals surface area (Å²) < 4.78 is 66.7. The lowest BCUT2D eigenvalue weighted by Gasteiger charge is -2.34. The van der Waals surface area contributed by atoms with Crippen molar-refractivity contribution in [1.82, 2.24) is 9.21 Å². The number of carbonyl (C=O) groups excluding carboxylic acids is 1. The highest BCUT2D eigenvalue weighted by Gasteiger charge is 2.33. The Kier molecular flexibility index (Phi) is 6.78. The van der Waals surface area contributed by atoms with Crippen LogP contribution in [0.5, 0.6) is 0 Å². The Morgan fingerprint density at radius 3 is 2.33 bits per heavy atom. The molecule has 0 atom stereocenters. The predicted octanol–water partition coefficient (Wildman–Crippen LogP) is 3.35. The summed E-state index contributed by atoms with van der Waals surface area (Å²) >= 11 is 1.42. The van der Waals surface area contributed by atoms with E-state index in [1.807, 2.05) is 32.0 Å². The molecule has 0 spiro atoms. The van der Waals surface area contributed by atoms with E-state index in [1.165, 1.54) is 11.8 Å². The summed E-state index contributed by atoms with van der Waals surface area (Å²) in [5.41, 5.74) is 2.17. The first-order valence-corrected chi connectivity index (χ1v) is 11.7. The van der Waals surface area contributed by atoms with Gasteiger partial charge in [-0.1, -0.05) is 17.7 Å². The highest BCUT2D eigenvalue weighted by molar-refractivity contribution is 8.00. The number of piperazine rings is 1. The molecule has 2 aromatic carbocycles. The van der Waals surface area contributed by atoms with Gasteiger partial charge in [-0.05, 0) is 37.6 Å². The third kappa shape index (κ3) is 4.65. The molecule has 0 aliphatic carbocycles. The van der Waals surface area contributed by atoms with Crippen molar-refractivity contribution < 1.29 is 26.4 Å². The Morgan fingerprint density at radius 2 is 1.67 bits per heavy atom. The minimum absolute atomic E-state index is 0.0549. The first kappa shape index (κ1) is 22.6. The summed E-state index contributed by atoms with van der Waals surface area (Å²) in [5.74, 6) is -4.93. The van der Waals surface area contributed by atoms with Crippen LogP contribution in [0.15, 0.2) is 40.1 Å². The third-order valence-corrected chi connectivity index (χ3v) is 7.96. The second-order valence-corrected chi connectivity index (χ2v) is 9.94. The van der Waals surface area contributed by atoms with E-state index in [4.69, 9.17) is 0 Å². The molecule has 1 aliphatic rings. The van der Waals surface area contributed by atoms with Gasteiger partial charge in [0.1, 0.15) is 4.90 Å². The molecule has 2 aromatic rings. The number of nitrogens with zero attached hydrogens (tertiary/aromatic N) is 2. The van der Waals surface area contributed by atoms with Crippen molar-refractivity contribution in [2.75, 3.05) is 31.9 Å². The molecule has 3 rings (SSSR count). The molecule has 0 radical (unpaired) electrons. The molecule has 30 heavy (non-hydrogen) atoms. The summed E-state index contributed by atoms with van der Waals surface area (Å²) in [5, 5.41) is 0. The lowest BCUT2D eigenvalue weighted by atomic mass is 10.2. The topological polar surface area (TPSA) is 57.7 Å². The minimum Gasteiger partial charge on any atom is -0.339 e. The molecular formula is C20H21F3N2O3S2. The second kappa shape index (κ2) is 8.99. The van der Waals surface area contributed by atoms with Crippen molar-refractivity contribution in [3.8, 4) is 0 Å². The lowest BCUT2D eigenvalue weighted by Crippen LogP contribution is -2.51. The number of benzene rings is 2. The van der Waals surface area contributed by atoms with E-state index in [1.54, 1.807) is 4.90 Å². The standard InChI is InChI=1S/C20H21F3N2O3S2/c1-13-3-4-14(2)16(11-13)29-12-18(26)24-7-9-25(10-8-24)30(27,28)17-6-5-15(21)19(22)20(17)23/h3-6,11H,7-10,12H2,1-2H3. The Bertz CT molecular complexity index is 1070. The van der Waals surface area contributed by atoms with Crippen LogP contribution in [0.3, 0.4) is 0 Å². The van der Waals surface area contributed by atoms with Gasteiger partial charge in [0, 0.05) is 31.1 Å². The molecule has 1 fully saturated rings. The van der Waals surface area contributed by atoms with Gasteiger partial charge < -0.3 is 4.90 Å². The first-order valence-electron chi connectivity index (χ1n) is 9.22. The first-order chi connectivity index (χ1) is 14.1. The molecule has 10 heteroatoms. The molecule has 5 nitrogen and oxygen atoms in total. The van der Waals surface area contributed by atoms with Crippen LogP contribution in [0, 0.1) is 31.3 Å². The Morgan fingerprint density at radius 1 is 1.00 bits per heavy atom. The number of hydrogen-bond acceptors (Lipinski definition) is 4. The monoisotopic (exact) mass is 458 g/mol. The number of sulfonamides is 1. The summed E-state index contributed by atoms with van der Waals surface area (Å²) in [6.07, 6.45) is 0. The van der Waals surface area contributed by atoms with Gasteiger partial charge in [-0.15, -0.1) is 11.8 Å². The molecule has 1 amide bonds. The number of amides is 1. The van der Waals surface area contributed by atoms with Crippen molar-refractivity contribution in [1.29, 1.82) is 0 Å². The number of rotatable bonds is 5. The fraction of sp³-hybridized carbons (Fsp3) is 0.350. The van der Waals surface area contributed by atoms with Crippen LogP contribution in [-0.2, 0) is 14.8 Å². The Balaban J connectivity index is 1.62. The maximum Gasteiger partial charge on any atom is 0.246 e. The molecule has 0 aromatic heterocycles. The van der Waals surface area contributed by atoms with Gasteiger partial charge >= 0.3 is 0 Å². The van der Waals surface area contributed by atoms with Crippen molar-refractivity contribution in [3.63, 3.8) is 0 Å². The van der Waals surface area contributed by atoms with Crippen LogP contribution in [-0.4, -0.2) is 55.5 Å². The zero-order valence-electron chi connectivity index (χ0n) is 16.5. The quantitative estimate of drug-likeness (QED) is 0.510. The van der Waals surface area contributed by atoms with Crippen molar-refractivity contribution >= 4 is 27.7 Å². The normalized spacial score (nSPS) is 15.4. The molecule has 0 N–H and O–H groups in total. The minimum atomic E-state index is -4.34. The number of hydrogen-bond donors (Lipinski definition) is 0. The number of aryl methyl sites for hydroxylation is 2. The zero-order chi connectivity index (χ0) is 22.1. The fourth-order valence-corrected chi connectivity index (χ4v) is 5.62.